The van der Waals surface area contributed by atoms with Crippen molar-refractivity contribution in [3.63, 3.8) is 0 Å². The number of aliphatic hydroxyl groups is 2. The Labute approximate surface area is 119 Å². The number of hydrogen-bond acceptors (Lipinski definition) is 9. The minimum Gasteiger partial charge on any atom is -0.394 e. The van der Waals surface area contributed by atoms with Crippen molar-refractivity contribution in [1.82, 2.24) is 4.90 Å². The van der Waals surface area contributed by atoms with Crippen molar-refractivity contribution in [2.75, 3.05) is 20.4 Å². The summed E-state index contributed by atoms with van der Waals surface area (Å²) >= 11 is 0. The maximum absolute atomic E-state index is 11.7. The lowest BCUT2D eigenvalue weighted by Gasteiger charge is -2.28. The number of aliphatic hydroxyl groups excluding tert-OH is 2. The highest BCUT2D eigenvalue weighted by Crippen LogP contribution is 2.28. The fourth-order valence-electron chi connectivity index (χ4n) is 2.61. The third kappa shape index (κ3) is 2.12. The van der Waals surface area contributed by atoms with Gasteiger partial charge in [0.15, 0.2) is 17.8 Å². The molecule has 0 aromatic heterocycles. The smallest absolute Gasteiger partial charge is 0.302 e. The number of guanidine groups is 1. The van der Waals surface area contributed by atoms with Crippen LogP contribution < -0.4 is 5.73 Å². The topological polar surface area (TPSA) is 142 Å². The largest absolute Gasteiger partial charge is 0.394 e. The molecule has 4 N–H and O–H groups in total. The minimum atomic E-state index is -1.03. The molecule has 1 fully saturated rings. The molecule has 0 bridgehead atoms. The van der Waals surface area contributed by atoms with Gasteiger partial charge in [0.25, 0.3) is 0 Å². The molecule has 10 heteroatoms. The molecule has 3 heterocycles. The van der Waals surface area contributed by atoms with E-state index in [0.29, 0.717) is 0 Å². The fraction of sp³-hybridized carbons (Fsp3) is 0.636. The lowest BCUT2D eigenvalue weighted by molar-refractivity contribution is -0.111. The number of carbonyl (C=O) groups is 1. The Morgan fingerprint density at radius 1 is 1.52 bits per heavy atom. The number of ether oxygens (including phenoxy) is 2. The van der Waals surface area contributed by atoms with Crippen LogP contribution in [0.25, 0.3) is 0 Å². The molecular formula is C11H15N5O5. The van der Waals surface area contributed by atoms with E-state index in [9.17, 15) is 15.0 Å². The van der Waals surface area contributed by atoms with Crippen molar-refractivity contribution < 1.29 is 24.5 Å². The second kappa shape index (κ2) is 5.15. The summed E-state index contributed by atoms with van der Waals surface area (Å²) in [6.07, 6.45) is -3.23. The first-order valence-corrected chi connectivity index (χ1v) is 6.32. The fourth-order valence-corrected chi connectivity index (χ4v) is 2.61. The molecule has 114 valence electrons. The van der Waals surface area contributed by atoms with Crippen LogP contribution in [0.5, 0.6) is 0 Å². The lowest BCUT2D eigenvalue weighted by atomic mass is 10.1. The monoisotopic (exact) mass is 297 g/mol. The molecule has 0 radical (unpaired) electrons. The second-order valence-corrected chi connectivity index (χ2v) is 4.77. The van der Waals surface area contributed by atoms with Gasteiger partial charge in [0.05, 0.1) is 6.61 Å². The average Bonchev–Trinajstić information content (AvgIpc) is 2.99. The Kier molecular flexibility index (Phi) is 3.45. The van der Waals surface area contributed by atoms with Crippen molar-refractivity contribution in [1.29, 1.82) is 0 Å². The van der Waals surface area contributed by atoms with Gasteiger partial charge in [0.2, 0.25) is 5.96 Å². The van der Waals surface area contributed by atoms with Gasteiger partial charge in [-0.2, -0.15) is 9.98 Å². The van der Waals surface area contributed by atoms with Crippen LogP contribution in [0, 0.1) is 0 Å². The number of methoxy groups -OCH3 is 1. The average molecular weight is 297 g/mol. The zero-order valence-electron chi connectivity index (χ0n) is 11.2. The van der Waals surface area contributed by atoms with E-state index in [1.54, 1.807) is 0 Å². The summed E-state index contributed by atoms with van der Waals surface area (Å²) in [5.41, 5.74) is 5.56. The third-order valence-corrected chi connectivity index (χ3v) is 3.57. The molecule has 1 saturated heterocycles. The first kappa shape index (κ1) is 14.1. The summed E-state index contributed by atoms with van der Waals surface area (Å²) in [5.74, 6) is -0.533. The molecule has 4 atom stereocenters. The Hall–Kier alpha value is -1.88. The third-order valence-electron chi connectivity index (χ3n) is 3.57. The van der Waals surface area contributed by atoms with Gasteiger partial charge in [-0.25, -0.2) is 0 Å². The van der Waals surface area contributed by atoms with E-state index >= 15 is 0 Å². The number of amidine groups is 1. The zero-order chi connectivity index (χ0) is 15.1. The number of rotatable bonds is 3. The second-order valence-electron chi connectivity index (χ2n) is 4.77. The highest BCUT2D eigenvalue weighted by molar-refractivity contribution is 6.69. The Morgan fingerprint density at radius 3 is 2.90 bits per heavy atom. The van der Waals surface area contributed by atoms with Gasteiger partial charge in [-0.05, 0) is 0 Å². The van der Waals surface area contributed by atoms with Gasteiger partial charge in [-0.3, -0.25) is 9.79 Å². The molecule has 3 aliphatic heterocycles. The summed E-state index contributed by atoms with van der Waals surface area (Å²) in [4.78, 5) is 24.7. The van der Waals surface area contributed by atoms with E-state index in [1.807, 2.05) is 0 Å². The molecule has 1 amide bonds. The summed E-state index contributed by atoms with van der Waals surface area (Å²) in [5, 5.41) is 19.6. The number of aliphatic imine (C=N–C) groups is 3. The van der Waals surface area contributed by atoms with E-state index in [4.69, 9.17) is 15.2 Å². The van der Waals surface area contributed by atoms with Crippen LogP contribution in [0.15, 0.2) is 15.0 Å². The van der Waals surface area contributed by atoms with Gasteiger partial charge in [-0.15, -0.1) is 0 Å². The highest BCUT2D eigenvalue weighted by Gasteiger charge is 2.49. The number of carbonyl (C=O) groups excluding carboxylic acids is 1. The van der Waals surface area contributed by atoms with Gasteiger partial charge in [0, 0.05) is 7.11 Å². The highest BCUT2D eigenvalue weighted by atomic mass is 16.6. The predicted molar refractivity (Wildman–Crippen MR) is 70.8 cm³/mol. The van der Waals surface area contributed by atoms with Gasteiger partial charge in [0.1, 0.15) is 25.0 Å². The van der Waals surface area contributed by atoms with Crippen molar-refractivity contribution in [3.8, 4) is 0 Å². The van der Waals surface area contributed by atoms with E-state index in [0.717, 1.165) is 0 Å². The Balaban J connectivity index is 1.86. The van der Waals surface area contributed by atoms with Crippen LogP contribution in [0.4, 0.5) is 0 Å². The molecular weight excluding hydrogens is 282 g/mol. The normalized spacial score (nSPS) is 35.5. The molecule has 0 aromatic rings. The summed E-state index contributed by atoms with van der Waals surface area (Å²) in [7, 11) is 1.42. The molecule has 3 aliphatic rings. The maximum atomic E-state index is 11.7. The van der Waals surface area contributed by atoms with E-state index < -0.39 is 30.4 Å². The van der Waals surface area contributed by atoms with Crippen LogP contribution >= 0.6 is 0 Å². The van der Waals surface area contributed by atoms with Gasteiger partial charge >= 0.3 is 5.91 Å². The Bertz CT molecular complexity index is 559. The molecule has 21 heavy (non-hydrogen) atoms. The SMILES string of the molecule is CO[C@H]1[C@@H](O)[C@H](N2CN=C3C(=O)N=C(N)N=C32)O[C@@H]1CO. The lowest BCUT2D eigenvalue weighted by Crippen LogP contribution is -2.49. The van der Waals surface area contributed by atoms with Crippen LogP contribution in [0.2, 0.25) is 0 Å². The van der Waals surface area contributed by atoms with Gasteiger partial charge < -0.3 is 30.3 Å². The quantitative estimate of drug-likeness (QED) is 0.505. The number of hydrogen-bond donors (Lipinski definition) is 3. The van der Waals surface area contributed by atoms with Crippen LogP contribution in [-0.2, 0) is 14.3 Å². The summed E-state index contributed by atoms with van der Waals surface area (Å²) in [6, 6.07) is 0. The maximum Gasteiger partial charge on any atom is 0.302 e. The van der Waals surface area contributed by atoms with Crippen LogP contribution in [0.3, 0.4) is 0 Å². The van der Waals surface area contributed by atoms with E-state index in [-0.39, 0.29) is 30.8 Å². The molecule has 0 spiro atoms. The molecule has 0 unspecified atom stereocenters. The van der Waals surface area contributed by atoms with E-state index in [1.165, 1.54) is 12.0 Å². The molecule has 0 saturated carbocycles. The Morgan fingerprint density at radius 2 is 2.29 bits per heavy atom. The van der Waals surface area contributed by atoms with Crippen molar-refractivity contribution >= 4 is 23.4 Å². The molecule has 3 rings (SSSR count). The van der Waals surface area contributed by atoms with Crippen molar-refractivity contribution in [3.05, 3.63) is 0 Å². The minimum absolute atomic E-state index is 0.0824. The summed E-state index contributed by atoms with van der Waals surface area (Å²) in [6.45, 7) is -0.221. The van der Waals surface area contributed by atoms with Crippen molar-refractivity contribution in [2.24, 2.45) is 20.7 Å². The first-order valence-electron chi connectivity index (χ1n) is 6.32. The summed E-state index contributed by atoms with van der Waals surface area (Å²) < 4.78 is 10.7. The predicted octanol–water partition coefficient (Wildman–Crippen LogP) is -2.95. The van der Waals surface area contributed by atoms with Crippen LogP contribution in [-0.4, -0.2) is 83.5 Å². The number of fused-ring (bicyclic) bond motifs is 1. The number of nitrogens with zero attached hydrogens (tertiary/aromatic N) is 4. The van der Waals surface area contributed by atoms with E-state index in [2.05, 4.69) is 15.0 Å². The zero-order valence-corrected chi connectivity index (χ0v) is 11.2. The molecule has 10 nitrogen and oxygen atoms in total. The van der Waals surface area contributed by atoms with Crippen molar-refractivity contribution in [2.45, 2.75) is 24.5 Å². The standard InChI is InChI=1S/C11H15N5O5/c1-20-7-4(2-17)21-10(6(7)18)16-3-13-5-8(16)14-11(12)15-9(5)19/h4,6-7,10,17-18H,2-3H2,1H3,(H2,12,15,19)/t4-,6-,7-,10-/m1/s1. The van der Waals surface area contributed by atoms with Gasteiger partial charge in [-0.1, -0.05) is 0 Å². The van der Waals surface area contributed by atoms with Crippen LogP contribution in [0.1, 0.15) is 0 Å². The molecule has 0 aromatic carbocycles. The number of nitrogens with two attached hydrogens (primary N) is 1. The molecule has 0 aliphatic carbocycles. The first-order chi connectivity index (χ1) is 10.1. The number of amides is 1.